The summed E-state index contributed by atoms with van der Waals surface area (Å²) in [5, 5.41) is 9.94. The van der Waals surface area contributed by atoms with Gasteiger partial charge in [0.05, 0.1) is 18.0 Å². The molecule has 3 rings (SSSR count). The van der Waals surface area contributed by atoms with Crippen molar-refractivity contribution in [2.45, 2.75) is 50.0 Å². The molecule has 1 saturated carbocycles. The zero-order valence-electron chi connectivity index (χ0n) is 11.5. The lowest BCUT2D eigenvalue weighted by Crippen LogP contribution is -2.51. The van der Waals surface area contributed by atoms with E-state index >= 15 is 0 Å². The number of aliphatic hydroxyl groups is 1. The van der Waals surface area contributed by atoms with Crippen molar-refractivity contribution in [1.82, 2.24) is 14.5 Å². The van der Waals surface area contributed by atoms with Gasteiger partial charge in [-0.2, -0.15) is 0 Å². The standard InChI is InChI=1S/C14H23N3O2/c1-19-14-3-2-12(18)10-13(14)17(6-4-14)9-8-16-7-5-15-11-16/h5,7,11-13,18H,2-4,6,8-10H2,1H3/t12-,13+,14-/m1/s1. The average Bonchev–Trinajstić information content (AvgIpc) is 3.04. The van der Waals surface area contributed by atoms with Crippen LogP contribution in [0.4, 0.5) is 0 Å². The predicted octanol–water partition coefficient (Wildman–Crippen LogP) is 0.887. The summed E-state index contributed by atoms with van der Waals surface area (Å²) in [7, 11) is 1.82. The van der Waals surface area contributed by atoms with Crippen LogP contribution in [0.5, 0.6) is 0 Å². The average molecular weight is 265 g/mol. The molecular weight excluding hydrogens is 242 g/mol. The van der Waals surface area contributed by atoms with Gasteiger partial charge < -0.3 is 14.4 Å². The maximum Gasteiger partial charge on any atom is 0.0946 e. The first kappa shape index (κ1) is 13.1. The number of likely N-dealkylation sites (tertiary alicyclic amines) is 1. The van der Waals surface area contributed by atoms with Gasteiger partial charge in [-0.3, -0.25) is 4.90 Å². The van der Waals surface area contributed by atoms with Gasteiger partial charge in [-0.25, -0.2) is 4.98 Å². The topological polar surface area (TPSA) is 50.5 Å². The molecule has 0 bridgehead atoms. The molecule has 1 aromatic rings. The zero-order valence-corrected chi connectivity index (χ0v) is 11.5. The van der Waals surface area contributed by atoms with E-state index in [2.05, 4.69) is 14.5 Å². The fourth-order valence-electron chi connectivity index (χ4n) is 3.70. The van der Waals surface area contributed by atoms with Crippen molar-refractivity contribution < 1.29 is 9.84 Å². The first-order valence-corrected chi connectivity index (χ1v) is 7.16. The van der Waals surface area contributed by atoms with Gasteiger partial charge in [0.15, 0.2) is 0 Å². The minimum atomic E-state index is -0.165. The molecule has 0 unspecified atom stereocenters. The van der Waals surface area contributed by atoms with Crippen LogP contribution in [0.2, 0.25) is 0 Å². The molecule has 1 saturated heterocycles. The Morgan fingerprint density at radius 2 is 2.32 bits per heavy atom. The van der Waals surface area contributed by atoms with E-state index in [-0.39, 0.29) is 11.7 Å². The Hall–Kier alpha value is -0.910. The van der Waals surface area contributed by atoms with Crippen LogP contribution in [0.3, 0.4) is 0 Å². The van der Waals surface area contributed by atoms with Crippen LogP contribution in [0, 0.1) is 0 Å². The van der Waals surface area contributed by atoms with Crippen molar-refractivity contribution in [1.29, 1.82) is 0 Å². The lowest BCUT2D eigenvalue weighted by molar-refractivity contribution is -0.0870. The highest BCUT2D eigenvalue weighted by atomic mass is 16.5. The number of imidazole rings is 1. The summed E-state index contributed by atoms with van der Waals surface area (Å²) in [4.78, 5) is 6.55. The molecule has 0 amide bonds. The third kappa shape index (κ3) is 2.42. The number of ether oxygens (including phenoxy) is 1. The lowest BCUT2D eigenvalue weighted by atomic mass is 9.79. The first-order valence-electron chi connectivity index (χ1n) is 7.16. The van der Waals surface area contributed by atoms with Gasteiger partial charge in [0.2, 0.25) is 0 Å². The summed E-state index contributed by atoms with van der Waals surface area (Å²) in [5.74, 6) is 0. The minimum absolute atomic E-state index is 0.0197. The Bertz CT molecular complexity index is 409. The van der Waals surface area contributed by atoms with Gasteiger partial charge >= 0.3 is 0 Å². The number of aliphatic hydroxyl groups excluding tert-OH is 1. The second kappa shape index (κ2) is 5.23. The number of methoxy groups -OCH3 is 1. The van der Waals surface area contributed by atoms with Crippen LogP contribution in [-0.2, 0) is 11.3 Å². The van der Waals surface area contributed by atoms with Crippen molar-refractivity contribution in [2.75, 3.05) is 20.2 Å². The van der Waals surface area contributed by atoms with E-state index in [9.17, 15) is 5.11 Å². The van der Waals surface area contributed by atoms with E-state index < -0.39 is 0 Å². The van der Waals surface area contributed by atoms with Crippen molar-refractivity contribution in [3.63, 3.8) is 0 Å². The second-order valence-electron chi connectivity index (χ2n) is 5.80. The molecule has 0 aromatic carbocycles. The fraction of sp³-hybridized carbons (Fsp3) is 0.786. The van der Waals surface area contributed by atoms with Gasteiger partial charge in [0.1, 0.15) is 0 Å². The molecule has 2 fully saturated rings. The van der Waals surface area contributed by atoms with Crippen LogP contribution < -0.4 is 0 Å². The summed E-state index contributed by atoms with van der Waals surface area (Å²) in [6.07, 6.45) is 9.29. The number of hydrogen-bond acceptors (Lipinski definition) is 4. The monoisotopic (exact) mass is 265 g/mol. The van der Waals surface area contributed by atoms with Crippen LogP contribution in [-0.4, -0.2) is 57.5 Å². The SMILES string of the molecule is CO[C@@]12CC[C@@H](O)C[C@@H]1N(CCn1ccnc1)CC2. The highest BCUT2D eigenvalue weighted by Gasteiger charge is 2.50. The molecule has 106 valence electrons. The third-order valence-electron chi connectivity index (χ3n) is 4.88. The molecule has 1 aromatic heterocycles. The minimum Gasteiger partial charge on any atom is -0.393 e. The van der Waals surface area contributed by atoms with E-state index in [0.29, 0.717) is 6.04 Å². The molecule has 0 spiro atoms. The van der Waals surface area contributed by atoms with Crippen LogP contribution in [0.1, 0.15) is 25.7 Å². The molecule has 0 radical (unpaired) electrons. The summed E-state index contributed by atoms with van der Waals surface area (Å²) >= 11 is 0. The van der Waals surface area contributed by atoms with Gasteiger partial charge in [-0.05, 0) is 25.7 Å². The Labute approximate surface area is 114 Å². The molecule has 1 aliphatic heterocycles. The van der Waals surface area contributed by atoms with Crippen molar-refractivity contribution in [3.05, 3.63) is 18.7 Å². The maximum atomic E-state index is 9.94. The summed E-state index contributed by atoms with van der Waals surface area (Å²) in [6, 6.07) is 0.366. The van der Waals surface area contributed by atoms with E-state index in [1.54, 1.807) is 0 Å². The number of aromatic nitrogens is 2. The summed E-state index contributed by atoms with van der Waals surface area (Å²) < 4.78 is 7.95. The van der Waals surface area contributed by atoms with Gasteiger partial charge in [-0.1, -0.05) is 0 Å². The lowest BCUT2D eigenvalue weighted by Gasteiger charge is -2.42. The van der Waals surface area contributed by atoms with Crippen molar-refractivity contribution in [3.8, 4) is 0 Å². The molecule has 19 heavy (non-hydrogen) atoms. The Morgan fingerprint density at radius 1 is 1.42 bits per heavy atom. The normalized spacial score (nSPS) is 35.5. The molecular formula is C14H23N3O2. The van der Waals surface area contributed by atoms with Crippen LogP contribution in [0.15, 0.2) is 18.7 Å². The fourth-order valence-corrected chi connectivity index (χ4v) is 3.70. The van der Waals surface area contributed by atoms with Crippen molar-refractivity contribution in [2.24, 2.45) is 0 Å². The van der Waals surface area contributed by atoms with Gasteiger partial charge in [0.25, 0.3) is 0 Å². The largest absolute Gasteiger partial charge is 0.393 e. The van der Waals surface area contributed by atoms with E-state index in [0.717, 1.165) is 45.3 Å². The molecule has 1 aliphatic carbocycles. The number of fused-ring (bicyclic) bond motifs is 1. The second-order valence-corrected chi connectivity index (χ2v) is 5.80. The maximum absolute atomic E-state index is 9.94. The molecule has 2 aliphatic rings. The molecule has 3 atom stereocenters. The highest BCUT2D eigenvalue weighted by Crippen LogP contribution is 2.42. The molecule has 1 N–H and O–H groups in total. The predicted molar refractivity (Wildman–Crippen MR) is 71.8 cm³/mol. The first-order chi connectivity index (χ1) is 9.23. The number of nitrogens with zero attached hydrogens (tertiary/aromatic N) is 3. The van der Waals surface area contributed by atoms with Gasteiger partial charge in [0, 0.05) is 45.2 Å². The van der Waals surface area contributed by atoms with Crippen LogP contribution in [0.25, 0.3) is 0 Å². The van der Waals surface area contributed by atoms with E-state index in [4.69, 9.17) is 4.74 Å². The number of hydrogen-bond donors (Lipinski definition) is 1. The van der Waals surface area contributed by atoms with E-state index in [1.165, 1.54) is 0 Å². The molecule has 5 heteroatoms. The highest BCUT2D eigenvalue weighted by molar-refractivity contribution is 5.05. The zero-order chi connectivity index (χ0) is 13.3. The molecule has 2 heterocycles. The Balaban J connectivity index is 1.66. The third-order valence-corrected chi connectivity index (χ3v) is 4.88. The number of rotatable bonds is 4. The van der Waals surface area contributed by atoms with Crippen LogP contribution >= 0.6 is 0 Å². The summed E-state index contributed by atoms with van der Waals surface area (Å²) in [5.41, 5.74) is -0.0197. The smallest absolute Gasteiger partial charge is 0.0946 e. The Kier molecular flexibility index (Phi) is 3.60. The van der Waals surface area contributed by atoms with E-state index in [1.807, 2.05) is 25.8 Å². The van der Waals surface area contributed by atoms with Crippen molar-refractivity contribution >= 4 is 0 Å². The molecule has 5 nitrogen and oxygen atoms in total. The summed E-state index contributed by atoms with van der Waals surface area (Å²) in [6.45, 7) is 3.02. The Morgan fingerprint density at radius 3 is 3.05 bits per heavy atom. The quantitative estimate of drug-likeness (QED) is 0.878. The van der Waals surface area contributed by atoms with Gasteiger partial charge in [-0.15, -0.1) is 0 Å².